The predicted molar refractivity (Wildman–Crippen MR) is 92.4 cm³/mol. The van der Waals surface area contributed by atoms with E-state index in [1.165, 1.54) is 42.2 Å². The fraction of sp³-hybridized carbons (Fsp3) is 0.125. The first-order valence-electron chi connectivity index (χ1n) is 7.53. The van der Waals surface area contributed by atoms with Gasteiger partial charge in [-0.1, -0.05) is 0 Å². The van der Waals surface area contributed by atoms with Gasteiger partial charge in [-0.3, -0.25) is 9.81 Å². The third-order valence-electron chi connectivity index (χ3n) is 3.65. The van der Waals surface area contributed by atoms with Crippen molar-refractivity contribution in [1.29, 1.82) is 5.41 Å². The molecule has 0 radical (unpaired) electrons. The SMILES string of the molecule is COc1ccc(-c2nnc(NC(=N)/C=C\N)n3cncc23)c(C(F)(F)F)c1. The predicted octanol–water partition coefficient (Wildman–Crippen LogP) is 2.68. The monoisotopic (exact) mass is 377 g/mol. The van der Waals surface area contributed by atoms with Crippen molar-refractivity contribution in [2.45, 2.75) is 6.18 Å². The zero-order valence-corrected chi connectivity index (χ0v) is 13.9. The number of imidazole rings is 1. The summed E-state index contributed by atoms with van der Waals surface area (Å²) in [7, 11) is 1.29. The Hall–Kier alpha value is -3.63. The smallest absolute Gasteiger partial charge is 0.417 e. The third kappa shape index (κ3) is 3.52. The normalized spacial score (nSPS) is 11.9. The first-order chi connectivity index (χ1) is 12.8. The minimum Gasteiger partial charge on any atom is -0.497 e. The van der Waals surface area contributed by atoms with Crippen LogP contribution in [0.25, 0.3) is 16.8 Å². The van der Waals surface area contributed by atoms with Crippen molar-refractivity contribution in [2.75, 3.05) is 12.4 Å². The number of alkyl halides is 3. The van der Waals surface area contributed by atoms with Crippen LogP contribution in [-0.2, 0) is 6.18 Å². The number of hydrogen-bond acceptors (Lipinski definition) is 6. The van der Waals surface area contributed by atoms with Gasteiger partial charge in [-0.2, -0.15) is 13.2 Å². The first kappa shape index (κ1) is 18.2. The minimum absolute atomic E-state index is 0.00562. The van der Waals surface area contributed by atoms with Crippen LogP contribution in [0.5, 0.6) is 5.75 Å². The zero-order chi connectivity index (χ0) is 19.6. The first-order valence-corrected chi connectivity index (χ1v) is 7.53. The second-order valence-corrected chi connectivity index (χ2v) is 5.33. The second kappa shape index (κ2) is 6.94. The third-order valence-corrected chi connectivity index (χ3v) is 3.65. The molecule has 2 aromatic heterocycles. The van der Waals surface area contributed by atoms with Crippen molar-refractivity contribution < 1.29 is 17.9 Å². The van der Waals surface area contributed by atoms with Gasteiger partial charge in [-0.15, -0.1) is 10.2 Å². The molecule has 0 aliphatic heterocycles. The molecule has 140 valence electrons. The molecular weight excluding hydrogens is 363 g/mol. The molecule has 11 heteroatoms. The Morgan fingerprint density at radius 2 is 2.11 bits per heavy atom. The minimum atomic E-state index is -4.62. The molecule has 0 fully saturated rings. The van der Waals surface area contributed by atoms with Gasteiger partial charge in [0, 0.05) is 5.56 Å². The topological polar surface area (TPSA) is 114 Å². The number of rotatable bonds is 4. The standard InChI is InChI=1S/C16H14F3N7O/c1-27-9-2-3-10(11(6-9)16(17,18)19)14-12-7-22-8-26(12)15(25-24-14)23-13(21)4-5-20/h2-8H,20H2,1H3,(H2,21,23,25)/b5-4-. The van der Waals surface area contributed by atoms with Gasteiger partial charge >= 0.3 is 6.18 Å². The fourth-order valence-corrected chi connectivity index (χ4v) is 2.46. The lowest BCUT2D eigenvalue weighted by molar-refractivity contribution is -0.137. The molecule has 3 aromatic rings. The molecule has 0 spiro atoms. The van der Waals surface area contributed by atoms with Crippen molar-refractivity contribution in [2.24, 2.45) is 5.73 Å². The molecule has 0 bridgehead atoms. The van der Waals surface area contributed by atoms with Gasteiger partial charge in [0.1, 0.15) is 23.6 Å². The Balaban J connectivity index is 2.17. The second-order valence-electron chi connectivity index (χ2n) is 5.33. The van der Waals surface area contributed by atoms with Crippen LogP contribution in [0.1, 0.15) is 5.56 Å². The average molecular weight is 377 g/mol. The Bertz CT molecular complexity index is 1030. The van der Waals surface area contributed by atoms with Gasteiger partial charge in [0.2, 0.25) is 5.95 Å². The van der Waals surface area contributed by atoms with E-state index in [0.29, 0.717) is 0 Å². The van der Waals surface area contributed by atoms with E-state index in [1.54, 1.807) is 0 Å². The summed E-state index contributed by atoms with van der Waals surface area (Å²) in [5.74, 6) is 0.107. The lowest BCUT2D eigenvalue weighted by Gasteiger charge is -2.15. The average Bonchev–Trinajstić information content (AvgIpc) is 3.11. The molecule has 0 atom stereocenters. The number of ether oxygens (including phenoxy) is 1. The van der Waals surface area contributed by atoms with Crippen LogP contribution in [-0.4, -0.2) is 32.5 Å². The fourth-order valence-electron chi connectivity index (χ4n) is 2.46. The molecule has 27 heavy (non-hydrogen) atoms. The van der Waals surface area contributed by atoms with Gasteiger partial charge in [-0.05, 0) is 30.5 Å². The van der Waals surface area contributed by atoms with Crippen LogP contribution >= 0.6 is 0 Å². The number of nitrogens with two attached hydrogens (primary N) is 1. The van der Waals surface area contributed by atoms with Gasteiger partial charge < -0.3 is 15.8 Å². The molecule has 1 aromatic carbocycles. The van der Waals surface area contributed by atoms with E-state index in [2.05, 4.69) is 20.5 Å². The highest BCUT2D eigenvalue weighted by atomic mass is 19.4. The van der Waals surface area contributed by atoms with Gasteiger partial charge in [0.05, 0.1) is 24.4 Å². The number of nitrogens with zero attached hydrogens (tertiary/aromatic N) is 4. The van der Waals surface area contributed by atoms with Crippen LogP contribution in [0.4, 0.5) is 19.1 Å². The lowest BCUT2D eigenvalue weighted by Crippen LogP contribution is -2.14. The van der Waals surface area contributed by atoms with Gasteiger partial charge in [-0.25, -0.2) is 4.98 Å². The number of benzene rings is 1. The van der Waals surface area contributed by atoms with Gasteiger partial charge in [0.25, 0.3) is 0 Å². The Morgan fingerprint density at radius 3 is 2.78 bits per heavy atom. The molecule has 3 rings (SSSR count). The van der Waals surface area contributed by atoms with E-state index in [-0.39, 0.29) is 34.3 Å². The van der Waals surface area contributed by atoms with E-state index < -0.39 is 11.7 Å². The maximum atomic E-state index is 13.5. The highest BCUT2D eigenvalue weighted by Gasteiger charge is 2.35. The summed E-state index contributed by atoms with van der Waals surface area (Å²) in [6, 6.07) is 3.58. The summed E-state index contributed by atoms with van der Waals surface area (Å²) in [5.41, 5.74) is 4.44. The van der Waals surface area contributed by atoms with Crippen LogP contribution in [0.15, 0.2) is 43.0 Å². The molecule has 8 nitrogen and oxygen atoms in total. The molecule has 2 heterocycles. The number of aromatic nitrogens is 4. The van der Waals surface area contributed by atoms with Crippen molar-refractivity contribution >= 4 is 17.3 Å². The van der Waals surface area contributed by atoms with Crippen molar-refractivity contribution in [1.82, 2.24) is 19.6 Å². The Labute approximate surface area is 151 Å². The lowest BCUT2D eigenvalue weighted by atomic mass is 10.0. The summed E-state index contributed by atoms with van der Waals surface area (Å²) in [6.45, 7) is 0. The number of halogens is 3. The van der Waals surface area contributed by atoms with Crippen LogP contribution in [0.2, 0.25) is 0 Å². The maximum Gasteiger partial charge on any atom is 0.417 e. The summed E-state index contributed by atoms with van der Waals surface area (Å²) in [4.78, 5) is 3.95. The largest absolute Gasteiger partial charge is 0.497 e. The number of nitrogens with one attached hydrogen (secondary N) is 2. The van der Waals surface area contributed by atoms with E-state index in [9.17, 15) is 13.2 Å². The number of amidine groups is 1. The number of anilines is 1. The van der Waals surface area contributed by atoms with E-state index in [0.717, 1.165) is 12.3 Å². The molecule has 0 saturated heterocycles. The summed E-state index contributed by atoms with van der Waals surface area (Å²) in [6.07, 6.45) is 0.542. The van der Waals surface area contributed by atoms with Gasteiger partial charge in [0.15, 0.2) is 0 Å². The molecular formula is C16H14F3N7O. The molecule has 0 aliphatic rings. The number of fused-ring (bicyclic) bond motifs is 1. The molecule has 0 saturated carbocycles. The number of hydrogen-bond donors (Lipinski definition) is 3. The Morgan fingerprint density at radius 1 is 1.33 bits per heavy atom. The molecule has 0 aliphatic carbocycles. The summed E-state index contributed by atoms with van der Waals surface area (Å²) < 4.78 is 46.9. The molecule has 0 amide bonds. The van der Waals surface area contributed by atoms with Crippen molar-refractivity contribution in [3.63, 3.8) is 0 Å². The highest BCUT2D eigenvalue weighted by Crippen LogP contribution is 2.39. The highest BCUT2D eigenvalue weighted by molar-refractivity contribution is 6.00. The van der Waals surface area contributed by atoms with Crippen LogP contribution in [0, 0.1) is 5.41 Å². The van der Waals surface area contributed by atoms with E-state index in [1.807, 2.05) is 0 Å². The van der Waals surface area contributed by atoms with Crippen molar-refractivity contribution in [3.05, 3.63) is 48.6 Å². The summed E-state index contributed by atoms with van der Waals surface area (Å²) in [5, 5.41) is 18.1. The van der Waals surface area contributed by atoms with E-state index in [4.69, 9.17) is 15.9 Å². The zero-order valence-electron chi connectivity index (χ0n) is 13.9. The summed E-state index contributed by atoms with van der Waals surface area (Å²) >= 11 is 0. The molecule has 4 N–H and O–H groups in total. The Kier molecular flexibility index (Phi) is 4.67. The molecule has 0 unspecified atom stereocenters. The number of methoxy groups -OCH3 is 1. The van der Waals surface area contributed by atoms with Crippen LogP contribution in [0.3, 0.4) is 0 Å². The van der Waals surface area contributed by atoms with Crippen LogP contribution < -0.4 is 15.8 Å². The van der Waals surface area contributed by atoms with Crippen molar-refractivity contribution in [3.8, 4) is 17.0 Å². The maximum absolute atomic E-state index is 13.5. The van der Waals surface area contributed by atoms with E-state index >= 15 is 0 Å². The quantitative estimate of drug-likeness (QED) is 0.476.